The molecule has 0 spiro atoms. The summed E-state index contributed by atoms with van der Waals surface area (Å²) in [6.45, 7) is 9.53. The Hall–Kier alpha value is -1.27. The zero-order valence-electron chi connectivity index (χ0n) is 20.3. The van der Waals surface area contributed by atoms with Gasteiger partial charge in [0.15, 0.2) is 0 Å². The van der Waals surface area contributed by atoms with Gasteiger partial charge in [-0.3, -0.25) is 0 Å². The van der Waals surface area contributed by atoms with Crippen LogP contribution in [0.2, 0.25) is 5.02 Å². The van der Waals surface area contributed by atoms with Gasteiger partial charge in [-0.15, -0.1) is 0 Å². The molecule has 0 heterocycles. The van der Waals surface area contributed by atoms with E-state index < -0.39 is 0 Å². The zero-order chi connectivity index (χ0) is 22.2. The quantitative estimate of drug-likeness (QED) is 0.324. The van der Waals surface area contributed by atoms with E-state index in [9.17, 15) is 0 Å². The summed E-state index contributed by atoms with van der Waals surface area (Å²) in [6.07, 6.45) is 12.9. The molecule has 0 bridgehead atoms. The van der Waals surface area contributed by atoms with Gasteiger partial charge in [0.25, 0.3) is 0 Å². The molecule has 1 fully saturated rings. The molecule has 170 valence electrons. The molecule has 1 heteroatoms. The second-order valence-corrected chi connectivity index (χ2v) is 10.6. The lowest BCUT2D eigenvalue weighted by Crippen LogP contribution is -2.28. The monoisotopic (exact) mass is 438 g/mol. The predicted molar refractivity (Wildman–Crippen MR) is 137 cm³/mol. The van der Waals surface area contributed by atoms with Crippen LogP contribution in [0, 0.1) is 17.8 Å². The number of aryl methyl sites for hydroxylation is 1. The topological polar surface area (TPSA) is 0 Å². The van der Waals surface area contributed by atoms with Crippen LogP contribution >= 0.6 is 11.6 Å². The van der Waals surface area contributed by atoms with E-state index in [0.717, 1.165) is 29.2 Å². The summed E-state index contributed by atoms with van der Waals surface area (Å²) in [5, 5.41) is 0.910. The molecule has 0 nitrogen and oxygen atoms in total. The lowest BCUT2D eigenvalue weighted by molar-refractivity contribution is 0.173. The van der Waals surface area contributed by atoms with Crippen LogP contribution in [0.5, 0.6) is 0 Å². The van der Waals surface area contributed by atoms with Crippen molar-refractivity contribution in [2.24, 2.45) is 17.8 Å². The molecule has 0 aliphatic heterocycles. The van der Waals surface area contributed by atoms with Crippen molar-refractivity contribution in [1.29, 1.82) is 0 Å². The Labute approximate surface area is 196 Å². The minimum absolute atomic E-state index is 0.666. The molecule has 0 N–H and O–H groups in total. The highest BCUT2D eigenvalue weighted by molar-refractivity contribution is 6.31. The highest BCUT2D eigenvalue weighted by Gasteiger charge is 2.33. The van der Waals surface area contributed by atoms with Gasteiger partial charge < -0.3 is 0 Å². The molecule has 0 radical (unpaired) electrons. The third-order valence-electron chi connectivity index (χ3n) is 7.89. The first-order valence-corrected chi connectivity index (χ1v) is 13.3. The first-order chi connectivity index (χ1) is 15.0. The Morgan fingerprint density at radius 3 is 2.26 bits per heavy atom. The van der Waals surface area contributed by atoms with Crippen LogP contribution in [0.4, 0.5) is 0 Å². The highest BCUT2D eigenvalue weighted by Crippen LogP contribution is 2.45. The molecule has 2 aromatic carbocycles. The van der Waals surface area contributed by atoms with Gasteiger partial charge in [-0.1, -0.05) is 108 Å². The maximum atomic E-state index is 6.65. The van der Waals surface area contributed by atoms with Crippen LogP contribution in [0.1, 0.15) is 107 Å². The molecule has 1 saturated carbocycles. The first kappa shape index (κ1) is 24.4. The Bertz CT molecular complexity index is 791. The minimum atomic E-state index is 0.666. The van der Waals surface area contributed by atoms with Gasteiger partial charge in [0, 0.05) is 5.02 Å². The van der Waals surface area contributed by atoms with Crippen LogP contribution in [0.25, 0.3) is 0 Å². The molecule has 3 rings (SSSR count). The molecule has 0 saturated heterocycles. The van der Waals surface area contributed by atoms with E-state index in [0.29, 0.717) is 5.92 Å². The van der Waals surface area contributed by atoms with Crippen LogP contribution in [0.3, 0.4) is 0 Å². The van der Waals surface area contributed by atoms with E-state index in [2.05, 4.69) is 70.2 Å². The summed E-state index contributed by atoms with van der Waals surface area (Å²) in [5.41, 5.74) is 5.62. The van der Waals surface area contributed by atoms with Crippen LogP contribution in [-0.4, -0.2) is 0 Å². The Balaban J connectivity index is 1.65. The Morgan fingerprint density at radius 1 is 0.839 bits per heavy atom. The second-order valence-electron chi connectivity index (χ2n) is 10.2. The molecule has 2 aromatic rings. The van der Waals surface area contributed by atoms with Crippen molar-refractivity contribution >= 4 is 11.6 Å². The average Bonchev–Trinajstić information content (AvgIpc) is 2.78. The summed E-state index contributed by atoms with van der Waals surface area (Å²) in [5.74, 6) is 3.08. The molecule has 31 heavy (non-hydrogen) atoms. The van der Waals surface area contributed by atoms with Crippen molar-refractivity contribution in [2.45, 2.75) is 97.8 Å². The van der Waals surface area contributed by atoms with Crippen LogP contribution in [0.15, 0.2) is 42.5 Å². The number of benzene rings is 2. The molecule has 4 atom stereocenters. The largest absolute Gasteiger partial charge is 0.0840 e. The number of unbranched alkanes of at least 4 members (excludes halogenated alkanes) is 4. The lowest BCUT2D eigenvalue weighted by atomic mass is 9.66. The van der Waals surface area contributed by atoms with Gasteiger partial charge in [-0.05, 0) is 84.1 Å². The fourth-order valence-electron chi connectivity index (χ4n) is 5.52. The van der Waals surface area contributed by atoms with Crippen molar-refractivity contribution in [2.75, 3.05) is 0 Å². The molecule has 0 amide bonds. The van der Waals surface area contributed by atoms with Crippen molar-refractivity contribution in [3.63, 3.8) is 0 Å². The molecular formula is C30H43Cl. The summed E-state index contributed by atoms with van der Waals surface area (Å²) in [4.78, 5) is 0. The van der Waals surface area contributed by atoms with E-state index in [-0.39, 0.29) is 0 Å². The Morgan fingerprint density at radius 2 is 1.55 bits per heavy atom. The molecule has 4 unspecified atom stereocenters. The molecule has 1 aliphatic rings. The minimum Gasteiger partial charge on any atom is -0.0840 e. The number of rotatable bonds is 10. The smallest absolute Gasteiger partial charge is 0.0441 e. The van der Waals surface area contributed by atoms with Gasteiger partial charge >= 0.3 is 0 Å². The van der Waals surface area contributed by atoms with Gasteiger partial charge in [-0.2, -0.15) is 0 Å². The van der Waals surface area contributed by atoms with Crippen molar-refractivity contribution in [3.05, 3.63) is 69.7 Å². The SMILES string of the molecule is CCCCCCCc1ccc(Cc2cc(C3CC(CC)CC(C)C3C)ccc2Cl)cc1. The number of halogens is 1. The fourth-order valence-corrected chi connectivity index (χ4v) is 5.70. The van der Waals surface area contributed by atoms with Crippen molar-refractivity contribution in [3.8, 4) is 0 Å². The summed E-state index contributed by atoms with van der Waals surface area (Å²) in [6, 6.07) is 16.1. The van der Waals surface area contributed by atoms with Crippen molar-refractivity contribution < 1.29 is 0 Å². The zero-order valence-corrected chi connectivity index (χ0v) is 21.1. The summed E-state index contributed by atoms with van der Waals surface area (Å²) >= 11 is 6.65. The maximum Gasteiger partial charge on any atom is 0.0441 e. The second kappa shape index (κ2) is 12.1. The van der Waals surface area contributed by atoms with Gasteiger partial charge in [0.2, 0.25) is 0 Å². The van der Waals surface area contributed by atoms with E-state index in [1.165, 1.54) is 80.0 Å². The Kier molecular flexibility index (Phi) is 9.51. The van der Waals surface area contributed by atoms with Gasteiger partial charge in [-0.25, -0.2) is 0 Å². The fraction of sp³-hybridized carbons (Fsp3) is 0.600. The van der Waals surface area contributed by atoms with Crippen LogP contribution in [-0.2, 0) is 12.8 Å². The van der Waals surface area contributed by atoms with E-state index in [1.807, 2.05) is 0 Å². The number of hydrogen-bond acceptors (Lipinski definition) is 0. The third kappa shape index (κ3) is 6.85. The van der Waals surface area contributed by atoms with Crippen molar-refractivity contribution in [1.82, 2.24) is 0 Å². The normalized spacial score (nSPS) is 23.8. The van der Waals surface area contributed by atoms with Gasteiger partial charge in [0.05, 0.1) is 0 Å². The third-order valence-corrected chi connectivity index (χ3v) is 8.26. The maximum absolute atomic E-state index is 6.65. The first-order valence-electron chi connectivity index (χ1n) is 12.9. The molecular weight excluding hydrogens is 396 g/mol. The summed E-state index contributed by atoms with van der Waals surface area (Å²) < 4.78 is 0. The summed E-state index contributed by atoms with van der Waals surface area (Å²) in [7, 11) is 0. The number of hydrogen-bond donors (Lipinski definition) is 0. The molecule has 1 aliphatic carbocycles. The van der Waals surface area contributed by atoms with E-state index in [4.69, 9.17) is 11.6 Å². The predicted octanol–water partition coefficient (Wildman–Crippen LogP) is 9.62. The average molecular weight is 439 g/mol. The standard InChI is InChI=1S/C30H43Cl/c1-5-7-8-9-10-11-25-12-14-26(15-13-25)19-28-21-27(16-17-30(28)31)29-20-24(6-2)18-22(3)23(29)4/h12-17,21-24,29H,5-11,18-20H2,1-4H3. The molecule has 0 aromatic heterocycles. The van der Waals surface area contributed by atoms with Crippen LogP contribution < -0.4 is 0 Å². The van der Waals surface area contributed by atoms with E-state index >= 15 is 0 Å². The van der Waals surface area contributed by atoms with Gasteiger partial charge in [0.1, 0.15) is 0 Å². The lowest BCUT2D eigenvalue weighted by Gasteiger charge is -2.39. The highest BCUT2D eigenvalue weighted by atomic mass is 35.5. The van der Waals surface area contributed by atoms with E-state index in [1.54, 1.807) is 0 Å².